The summed E-state index contributed by atoms with van der Waals surface area (Å²) in [5.74, 6) is 0.399. The SMILES string of the molecule is CCCC=C1OC(=O)C2=C([C@@H]3C4CCNC(N)C4CC[C@@H]3N3C(=O)C=CC3=O)[C@H]3CC[C@@]12[C@H]1C2=C(CC[C@H]31)C(=CC1(CC)CCCC1)OC2=O. The Balaban J connectivity index is 1.24. The minimum atomic E-state index is -0.768. The Bertz CT molecular complexity index is 1690. The molecule has 9 heteroatoms. The van der Waals surface area contributed by atoms with E-state index in [0.717, 1.165) is 99.7 Å². The van der Waals surface area contributed by atoms with E-state index >= 15 is 0 Å². The fourth-order valence-corrected chi connectivity index (χ4v) is 12.8. The summed E-state index contributed by atoms with van der Waals surface area (Å²) >= 11 is 0. The van der Waals surface area contributed by atoms with E-state index in [0.29, 0.717) is 17.8 Å². The van der Waals surface area contributed by atoms with Crippen molar-refractivity contribution in [3.8, 4) is 0 Å². The van der Waals surface area contributed by atoms with Gasteiger partial charge in [-0.25, -0.2) is 9.59 Å². The highest BCUT2D eigenvalue weighted by Gasteiger charge is 2.70. The highest BCUT2D eigenvalue weighted by atomic mass is 16.5. The van der Waals surface area contributed by atoms with Gasteiger partial charge in [0.2, 0.25) is 0 Å². The van der Waals surface area contributed by atoms with E-state index < -0.39 is 5.41 Å². The normalized spacial score (nSPS) is 41.6. The van der Waals surface area contributed by atoms with Gasteiger partial charge in [-0.2, -0.15) is 0 Å². The molecule has 10 aliphatic rings. The van der Waals surface area contributed by atoms with Crippen LogP contribution in [0.1, 0.15) is 104 Å². The van der Waals surface area contributed by atoms with Gasteiger partial charge in [-0.05, 0) is 124 Å². The molecule has 3 saturated carbocycles. The number of unbranched alkanes of at least 4 members (excludes halogenated alkanes) is 1. The molecule has 2 bridgehead atoms. The number of allylic oxidation sites excluding steroid dienone is 4. The van der Waals surface area contributed by atoms with Gasteiger partial charge in [-0.15, -0.1) is 0 Å². The molecule has 0 radical (unpaired) electrons. The average Bonchev–Trinajstić information content (AvgIpc) is 3.88. The number of nitrogens with one attached hydrogen (secondary N) is 1. The summed E-state index contributed by atoms with van der Waals surface area (Å²) in [5.41, 5.74) is 9.68. The molecule has 3 unspecified atom stereocenters. The Labute approximate surface area is 294 Å². The minimum absolute atomic E-state index is 0.0415. The number of carbonyl (C=O) groups excluding carboxylic acids is 4. The van der Waals surface area contributed by atoms with E-state index in [2.05, 4.69) is 31.3 Å². The maximum atomic E-state index is 14.6. The molecule has 2 amide bonds. The second-order valence-electron chi connectivity index (χ2n) is 16.7. The van der Waals surface area contributed by atoms with Gasteiger partial charge in [0.05, 0.1) is 17.2 Å². The van der Waals surface area contributed by atoms with Crippen LogP contribution in [-0.2, 0) is 28.7 Å². The third kappa shape index (κ3) is 4.44. The number of fused-ring (bicyclic) bond motifs is 2. The van der Waals surface area contributed by atoms with Crippen LogP contribution in [0.25, 0.3) is 0 Å². The molecule has 4 aliphatic heterocycles. The van der Waals surface area contributed by atoms with Gasteiger partial charge in [-0.3, -0.25) is 14.5 Å². The number of hydrogen-bond acceptors (Lipinski definition) is 8. The van der Waals surface area contributed by atoms with E-state index in [-0.39, 0.29) is 76.9 Å². The Morgan fingerprint density at radius 3 is 2.44 bits per heavy atom. The van der Waals surface area contributed by atoms with Crippen molar-refractivity contribution in [3.05, 3.63) is 58.1 Å². The van der Waals surface area contributed by atoms with Crippen molar-refractivity contribution >= 4 is 23.8 Å². The maximum Gasteiger partial charge on any atom is 0.340 e. The van der Waals surface area contributed by atoms with E-state index in [4.69, 9.17) is 15.2 Å². The molecule has 9 atom stereocenters. The number of imide groups is 1. The molecule has 6 aliphatic carbocycles. The van der Waals surface area contributed by atoms with Crippen LogP contribution in [-0.4, -0.2) is 47.4 Å². The Morgan fingerprint density at radius 1 is 0.920 bits per heavy atom. The predicted molar refractivity (Wildman–Crippen MR) is 185 cm³/mol. The molecule has 50 heavy (non-hydrogen) atoms. The summed E-state index contributed by atoms with van der Waals surface area (Å²) in [5, 5.41) is 3.47. The van der Waals surface area contributed by atoms with Crippen LogP contribution in [0.15, 0.2) is 58.1 Å². The topological polar surface area (TPSA) is 128 Å². The molecule has 2 saturated heterocycles. The van der Waals surface area contributed by atoms with Crippen LogP contribution in [0.5, 0.6) is 0 Å². The summed E-state index contributed by atoms with van der Waals surface area (Å²) in [7, 11) is 0. The number of nitrogens with zero attached hydrogens (tertiary/aromatic N) is 1. The van der Waals surface area contributed by atoms with Crippen molar-refractivity contribution in [2.75, 3.05) is 6.54 Å². The number of amides is 2. The first-order valence-corrected chi connectivity index (χ1v) is 19.6. The molecule has 5 fully saturated rings. The van der Waals surface area contributed by atoms with Crippen molar-refractivity contribution in [3.63, 3.8) is 0 Å². The van der Waals surface area contributed by atoms with Crippen molar-refractivity contribution in [1.82, 2.24) is 10.2 Å². The minimum Gasteiger partial charge on any atom is -0.427 e. The zero-order valence-electron chi connectivity index (χ0n) is 29.5. The van der Waals surface area contributed by atoms with Crippen LogP contribution in [0, 0.1) is 46.3 Å². The van der Waals surface area contributed by atoms with E-state index in [1.54, 1.807) is 0 Å². The first kappa shape index (κ1) is 32.6. The summed E-state index contributed by atoms with van der Waals surface area (Å²) in [6, 6.07) is -0.355. The van der Waals surface area contributed by atoms with E-state index in [1.807, 2.05) is 0 Å². The number of carbonyl (C=O) groups is 4. The first-order valence-electron chi connectivity index (χ1n) is 19.6. The molecule has 10 rings (SSSR count). The van der Waals surface area contributed by atoms with Crippen molar-refractivity contribution < 1.29 is 28.7 Å². The summed E-state index contributed by atoms with van der Waals surface area (Å²) < 4.78 is 12.6. The maximum absolute atomic E-state index is 14.6. The number of rotatable bonds is 6. The van der Waals surface area contributed by atoms with Crippen LogP contribution < -0.4 is 11.1 Å². The Kier molecular flexibility index (Phi) is 7.74. The van der Waals surface area contributed by atoms with Gasteiger partial charge in [-0.1, -0.05) is 33.1 Å². The number of hydrogen-bond donors (Lipinski definition) is 2. The lowest BCUT2D eigenvalue weighted by atomic mass is 9.42. The van der Waals surface area contributed by atoms with Crippen LogP contribution >= 0.6 is 0 Å². The summed E-state index contributed by atoms with van der Waals surface area (Å²) in [4.78, 5) is 56.9. The number of ether oxygens (including phenoxy) is 2. The van der Waals surface area contributed by atoms with Crippen LogP contribution in [0.4, 0.5) is 0 Å². The number of esters is 2. The van der Waals surface area contributed by atoms with Gasteiger partial charge in [0, 0.05) is 41.2 Å². The Hall–Kier alpha value is -3.30. The molecule has 266 valence electrons. The summed E-state index contributed by atoms with van der Waals surface area (Å²) in [6.07, 6.45) is 19.9. The van der Waals surface area contributed by atoms with Gasteiger partial charge < -0.3 is 20.5 Å². The smallest absolute Gasteiger partial charge is 0.340 e. The largest absolute Gasteiger partial charge is 0.427 e. The number of piperidine rings is 1. The zero-order valence-corrected chi connectivity index (χ0v) is 29.5. The predicted octanol–water partition coefficient (Wildman–Crippen LogP) is 5.88. The van der Waals surface area contributed by atoms with Crippen LogP contribution in [0.2, 0.25) is 0 Å². The lowest BCUT2D eigenvalue weighted by molar-refractivity contribution is -0.143. The molecular formula is C41H51N3O6. The molecule has 3 N–H and O–H groups in total. The second-order valence-corrected chi connectivity index (χ2v) is 16.7. The average molecular weight is 682 g/mol. The first-order chi connectivity index (χ1) is 24.2. The van der Waals surface area contributed by atoms with Crippen LogP contribution in [0.3, 0.4) is 0 Å². The molecular weight excluding hydrogens is 630 g/mol. The molecule has 4 heterocycles. The number of nitrogens with two attached hydrogens (primary N) is 1. The molecule has 9 nitrogen and oxygen atoms in total. The fraction of sp³-hybridized carbons (Fsp3) is 0.659. The quantitative estimate of drug-likeness (QED) is 0.263. The highest BCUT2D eigenvalue weighted by molar-refractivity contribution is 6.13. The zero-order chi connectivity index (χ0) is 34.5. The highest BCUT2D eigenvalue weighted by Crippen LogP contribution is 2.72. The second kappa shape index (κ2) is 11.9. The van der Waals surface area contributed by atoms with Gasteiger partial charge >= 0.3 is 11.9 Å². The van der Waals surface area contributed by atoms with Gasteiger partial charge in [0.15, 0.2) is 0 Å². The third-order valence-corrected chi connectivity index (χ3v) is 14.8. The molecule has 1 spiro atoms. The van der Waals surface area contributed by atoms with E-state index in [1.165, 1.54) is 29.9 Å². The standard InChI is InChI=1S/C41H51N3O6/c1-3-5-8-29-41-19-15-22(24-9-10-26-28(49-38(47)34(26)35(24)41)21-40(4-2)17-6-7-18-40)33(36(41)39(48)50-29)32-23-16-20-43-37(42)25(23)11-12-27(32)44-30(45)13-14-31(44)46/h8,13-14,21-25,27,32,35,37,43H,3-7,9-12,15-20,42H2,1-2H3/t22-,23?,24+,25?,27-,32+,35+,37?,41-/m0/s1. The number of cyclic esters (lactones) is 2. The van der Waals surface area contributed by atoms with Crippen molar-refractivity contribution in [2.45, 2.75) is 116 Å². The Morgan fingerprint density at radius 2 is 1.70 bits per heavy atom. The lowest BCUT2D eigenvalue weighted by Crippen LogP contribution is -2.62. The lowest BCUT2D eigenvalue weighted by Gasteiger charge is -2.60. The van der Waals surface area contributed by atoms with Gasteiger partial charge in [0.25, 0.3) is 11.8 Å². The third-order valence-electron chi connectivity index (χ3n) is 14.8. The summed E-state index contributed by atoms with van der Waals surface area (Å²) in [6.45, 7) is 5.12. The van der Waals surface area contributed by atoms with Gasteiger partial charge in [0.1, 0.15) is 11.5 Å². The molecule has 0 aromatic carbocycles. The molecule has 0 aromatic heterocycles. The fourth-order valence-electron chi connectivity index (χ4n) is 12.8. The van der Waals surface area contributed by atoms with Crippen molar-refractivity contribution in [1.29, 1.82) is 0 Å². The molecule has 0 aromatic rings. The van der Waals surface area contributed by atoms with Crippen molar-refractivity contribution in [2.24, 2.45) is 52.1 Å². The monoisotopic (exact) mass is 681 g/mol. The van der Waals surface area contributed by atoms with E-state index in [9.17, 15) is 19.2 Å².